The highest BCUT2D eigenvalue weighted by atomic mass is 35.5. The van der Waals surface area contributed by atoms with Crippen LogP contribution in [-0.2, 0) is 11.4 Å². The SMILES string of the molecule is O=C(O)c1ccc(COc2ccc(Cl)cc2/C=C2/SC(=Nc3ccccc3)N(c3ccccc3)C2=O)cc1. The van der Waals surface area contributed by atoms with Crippen molar-refractivity contribution < 1.29 is 19.4 Å². The van der Waals surface area contributed by atoms with Crippen molar-refractivity contribution in [2.75, 3.05) is 4.90 Å². The molecule has 1 aliphatic rings. The maximum atomic E-state index is 13.6. The number of amidine groups is 1. The van der Waals surface area contributed by atoms with E-state index in [4.69, 9.17) is 26.4 Å². The molecule has 8 heteroatoms. The van der Waals surface area contributed by atoms with Crippen LogP contribution in [0.2, 0.25) is 5.02 Å². The standard InChI is InChI=1S/C30H21ClN2O4S/c31-23-15-16-26(37-19-20-11-13-21(14-12-20)29(35)36)22(17-23)18-27-28(34)33(25-9-5-2-6-10-25)30(38-27)32-24-7-3-1-4-8-24/h1-18H,19H2,(H,35,36)/b27-18+,32-30?. The Bertz CT molecular complexity index is 1540. The minimum Gasteiger partial charge on any atom is -0.488 e. The fourth-order valence-corrected chi connectivity index (χ4v) is 4.95. The molecule has 1 amide bonds. The van der Waals surface area contributed by atoms with E-state index in [2.05, 4.69) is 0 Å². The van der Waals surface area contributed by atoms with E-state index in [0.717, 1.165) is 16.9 Å². The molecule has 5 rings (SSSR count). The monoisotopic (exact) mass is 540 g/mol. The van der Waals surface area contributed by atoms with Crippen LogP contribution >= 0.6 is 23.4 Å². The van der Waals surface area contributed by atoms with E-state index < -0.39 is 5.97 Å². The highest BCUT2D eigenvalue weighted by molar-refractivity contribution is 8.19. The molecule has 1 aliphatic heterocycles. The maximum absolute atomic E-state index is 13.6. The summed E-state index contributed by atoms with van der Waals surface area (Å²) in [7, 11) is 0. The molecule has 0 saturated carbocycles. The number of carboxylic acids is 1. The first kappa shape index (κ1) is 25.3. The number of carbonyl (C=O) groups excluding carboxylic acids is 1. The number of para-hydroxylation sites is 2. The zero-order valence-electron chi connectivity index (χ0n) is 20.0. The van der Waals surface area contributed by atoms with Crippen LogP contribution in [0.25, 0.3) is 6.08 Å². The quantitative estimate of drug-likeness (QED) is 0.247. The molecule has 38 heavy (non-hydrogen) atoms. The van der Waals surface area contributed by atoms with Crippen LogP contribution in [0.4, 0.5) is 11.4 Å². The van der Waals surface area contributed by atoms with Crippen LogP contribution in [0.5, 0.6) is 5.75 Å². The van der Waals surface area contributed by atoms with Gasteiger partial charge in [-0.15, -0.1) is 0 Å². The molecule has 0 unspecified atom stereocenters. The van der Waals surface area contributed by atoms with Crippen molar-refractivity contribution in [3.63, 3.8) is 0 Å². The van der Waals surface area contributed by atoms with Gasteiger partial charge in [0.25, 0.3) is 5.91 Å². The lowest BCUT2D eigenvalue weighted by atomic mass is 10.1. The van der Waals surface area contributed by atoms with Crippen molar-refractivity contribution in [1.82, 2.24) is 0 Å². The van der Waals surface area contributed by atoms with Gasteiger partial charge in [-0.3, -0.25) is 9.69 Å². The first-order valence-corrected chi connectivity index (χ1v) is 12.8. The van der Waals surface area contributed by atoms with Gasteiger partial charge in [0, 0.05) is 10.6 Å². The molecule has 6 nitrogen and oxygen atoms in total. The molecule has 188 valence electrons. The molecule has 1 N–H and O–H groups in total. The molecule has 0 radical (unpaired) electrons. The Labute approximate surface area is 228 Å². The topological polar surface area (TPSA) is 79.2 Å². The predicted octanol–water partition coefficient (Wildman–Crippen LogP) is 7.43. The molecular weight excluding hydrogens is 520 g/mol. The number of thioether (sulfide) groups is 1. The number of benzene rings is 4. The molecule has 0 atom stereocenters. The van der Waals surface area contributed by atoms with Gasteiger partial charge >= 0.3 is 5.97 Å². The number of carboxylic acid groups (broad SMARTS) is 1. The number of aromatic carboxylic acids is 1. The fraction of sp³-hybridized carbons (Fsp3) is 0.0333. The highest BCUT2D eigenvalue weighted by Gasteiger charge is 2.35. The molecule has 4 aromatic rings. The van der Waals surface area contributed by atoms with Crippen molar-refractivity contribution in [1.29, 1.82) is 0 Å². The summed E-state index contributed by atoms with van der Waals surface area (Å²) in [4.78, 5) is 31.5. The Morgan fingerprint density at radius 3 is 2.32 bits per heavy atom. The number of amides is 1. The molecule has 0 aliphatic carbocycles. The second-order valence-electron chi connectivity index (χ2n) is 8.29. The Hall–Kier alpha value is -4.33. The molecule has 4 aromatic carbocycles. The van der Waals surface area contributed by atoms with Crippen LogP contribution < -0.4 is 9.64 Å². The van der Waals surface area contributed by atoms with E-state index in [1.54, 1.807) is 41.3 Å². The lowest BCUT2D eigenvalue weighted by Crippen LogP contribution is -2.28. The fourth-order valence-electron chi connectivity index (χ4n) is 3.78. The Morgan fingerprint density at radius 2 is 1.63 bits per heavy atom. The average Bonchev–Trinajstić information content (AvgIpc) is 3.23. The summed E-state index contributed by atoms with van der Waals surface area (Å²) in [5.41, 5.74) is 3.12. The van der Waals surface area contributed by atoms with Crippen molar-refractivity contribution in [2.45, 2.75) is 6.61 Å². The Kier molecular flexibility index (Phi) is 7.58. The normalized spacial score (nSPS) is 15.3. The zero-order valence-corrected chi connectivity index (χ0v) is 21.5. The summed E-state index contributed by atoms with van der Waals surface area (Å²) >= 11 is 7.58. The number of carbonyl (C=O) groups is 2. The van der Waals surface area contributed by atoms with Gasteiger partial charge in [0.05, 0.1) is 21.8 Å². The van der Waals surface area contributed by atoms with Gasteiger partial charge in [-0.2, -0.15) is 0 Å². The Balaban J connectivity index is 1.46. The molecule has 1 saturated heterocycles. The number of aliphatic imine (C=N–C) groups is 1. The molecular formula is C30H21ClN2O4S. The number of hydrogen-bond donors (Lipinski definition) is 1. The number of halogens is 1. The minimum atomic E-state index is -0.984. The summed E-state index contributed by atoms with van der Waals surface area (Å²) in [6.45, 7) is 0.218. The first-order valence-electron chi connectivity index (χ1n) is 11.7. The smallest absolute Gasteiger partial charge is 0.335 e. The summed E-state index contributed by atoms with van der Waals surface area (Å²) in [5.74, 6) is -0.647. The van der Waals surface area contributed by atoms with E-state index in [1.165, 1.54) is 23.9 Å². The van der Waals surface area contributed by atoms with Crippen molar-refractivity contribution in [3.8, 4) is 5.75 Å². The van der Waals surface area contributed by atoms with E-state index in [-0.39, 0.29) is 18.1 Å². The summed E-state index contributed by atoms with van der Waals surface area (Å²) in [6.07, 6.45) is 1.76. The molecule has 0 aromatic heterocycles. The van der Waals surface area contributed by atoms with Gasteiger partial charge in [0.1, 0.15) is 12.4 Å². The van der Waals surface area contributed by atoms with Gasteiger partial charge < -0.3 is 9.84 Å². The molecule has 1 fully saturated rings. The van der Waals surface area contributed by atoms with Crippen LogP contribution in [0.1, 0.15) is 21.5 Å². The Morgan fingerprint density at radius 1 is 0.947 bits per heavy atom. The number of ether oxygens (including phenoxy) is 1. The summed E-state index contributed by atoms with van der Waals surface area (Å²) < 4.78 is 6.04. The van der Waals surface area contributed by atoms with Crippen LogP contribution in [0, 0.1) is 0 Å². The largest absolute Gasteiger partial charge is 0.488 e. The van der Waals surface area contributed by atoms with Gasteiger partial charge in [0.15, 0.2) is 5.17 Å². The lowest BCUT2D eigenvalue weighted by molar-refractivity contribution is -0.113. The number of rotatable bonds is 7. The van der Waals surface area contributed by atoms with Gasteiger partial charge in [-0.25, -0.2) is 9.79 Å². The number of anilines is 1. The van der Waals surface area contributed by atoms with Gasteiger partial charge in [0.2, 0.25) is 0 Å². The third kappa shape index (κ3) is 5.80. The van der Waals surface area contributed by atoms with Crippen LogP contribution in [0.3, 0.4) is 0 Å². The zero-order chi connectivity index (χ0) is 26.5. The van der Waals surface area contributed by atoms with Crippen LogP contribution in [0.15, 0.2) is 113 Å². The number of hydrogen-bond acceptors (Lipinski definition) is 5. The molecule has 0 spiro atoms. The van der Waals surface area contributed by atoms with E-state index >= 15 is 0 Å². The summed E-state index contributed by atoms with van der Waals surface area (Å²) in [6, 6.07) is 30.5. The third-order valence-corrected chi connectivity index (χ3v) is 6.86. The number of nitrogens with zero attached hydrogens (tertiary/aromatic N) is 2. The van der Waals surface area contributed by atoms with E-state index in [0.29, 0.717) is 26.4 Å². The average molecular weight is 541 g/mol. The first-order chi connectivity index (χ1) is 18.5. The van der Waals surface area contributed by atoms with Gasteiger partial charge in [-0.1, -0.05) is 60.1 Å². The molecule has 1 heterocycles. The lowest BCUT2D eigenvalue weighted by Gasteiger charge is -2.15. The second-order valence-corrected chi connectivity index (χ2v) is 9.74. The third-order valence-electron chi connectivity index (χ3n) is 5.66. The van der Waals surface area contributed by atoms with Gasteiger partial charge in [-0.05, 0) is 78.0 Å². The van der Waals surface area contributed by atoms with Crippen molar-refractivity contribution in [3.05, 3.63) is 130 Å². The van der Waals surface area contributed by atoms with Crippen molar-refractivity contribution >= 4 is 57.9 Å². The maximum Gasteiger partial charge on any atom is 0.335 e. The van der Waals surface area contributed by atoms with Crippen molar-refractivity contribution in [2.24, 2.45) is 4.99 Å². The van der Waals surface area contributed by atoms with Crippen LogP contribution in [-0.4, -0.2) is 22.2 Å². The predicted molar refractivity (Wildman–Crippen MR) is 152 cm³/mol. The van der Waals surface area contributed by atoms with E-state index in [9.17, 15) is 9.59 Å². The highest BCUT2D eigenvalue weighted by Crippen LogP contribution is 2.38. The molecule has 0 bridgehead atoms. The second kappa shape index (κ2) is 11.4. The minimum absolute atomic E-state index is 0.203. The summed E-state index contributed by atoms with van der Waals surface area (Å²) in [5, 5.41) is 10.2. The van der Waals surface area contributed by atoms with E-state index in [1.807, 2.05) is 60.7 Å².